The van der Waals surface area contributed by atoms with Crippen LogP contribution in [0.15, 0.2) is 27.6 Å². The van der Waals surface area contributed by atoms with Crippen LogP contribution in [0.3, 0.4) is 0 Å². The van der Waals surface area contributed by atoms with Crippen LogP contribution in [0.4, 0.5) is 0 Å². The molecule has 0 radical (unpaired) electrons. The summed E-state index contributed by atoms with van der Waals surface area (Å²) < 4.78 is 27.2. The third-order valence-corrected chi connectivity index (χ3v) is 6.83. The maximum Gasteiger partial charge on any atom is 0.243 e. The summed E-state index contributed by atoms with van der Waals surface area (Å²) in [6, 6.07) is 5.10. The molecule has 1 aliphatic rings. The maximum absolute atomic E-state index is 12.5. The highest BCUT2D eigenvalue weighted by Crippen LogP contribution is 2.34. The Morgan fingerprint density at radius 3 is 2.41 bits per heavy atom. The number of likely N-dealkylation sites (N-methyl/N-ethyl adjacent to an activating group) is 1. The minimum Gasteiger partial charge on any atom is -0.345 e. The van der Waals surface area contributed by atoms with Crippen molar-refractivity contribution in [3.63, 3.8) is 0 Å². The van der Waals surface area contributed by atoms with Crippen LogP contribution < -0.4 is 0 Å². The molecule has 0 bridgehead atoms. The molecule has 1 aliphatic heterocycles. The lowest BCUT2D eigenvalue weighted by atomic mass is 9.98. The van der Waals surface area contributed by atoms with Gasteiger partial charge >= 0.3 is 0 Å². The van der Waals surface area contributed by atoms with Gasteiger partial charge in [-0.3, -0.25) is 4.79 Å². The molecule has 0 aromatic heterocycles. The third-order valence-electron chi connectivity index (χ3n) is 4.10. The Labute approximate surface area is 140 Å². The molecule has 0 N–H and O–H groups in total. The van der Waals surface area contributed by atoms with Gasteiger partial charge in [-0.2, -0.15) is 4.31 Å². The van der Waals surface area contributed by atoms with E-state index in [1.54, 1.807) is 24.1 Å². The average Bonchev–Trinajstić information content (AvgIpc) is 2.79. The third kappa shape index (κ3) is 3.21. The van der Waals surface area contributed by atoms with Gasteiger partial charge in [-0.1, -0.05) is 35.8 Å². The molecule has 0 saturated carbocycles. The summed E-state index contributed by atoms with van der Waals surface area (Å²) in [5.41, 5.74) is 0.983. The molecule has 122 valence electrons. The van der Waals surface area contributed by atoms with Crippen molar-refractivity contribution in [3.8, 4) is 0 Å². The zero-order valence-corrected chi connectivity index (χ0v) is 15.4. The van der Waals surface area contributed by atoms with E-state index >= 15 is 0 Å². The number of benzene rings is 1. The lowest BCUT2D eigenvalue weighted by Crippen LogP contribution is -2.30. The second-order valence-electron chi connectivity index (χ2n) is 5.45. The van der Waals surface area contributed by atoms with Gasteiger partial charge in [-0.05, 0) is 17.7 Å². The minimum atomic E-state index is -3.46. The van der Waals surface area contributed by atoms with Crippen molar-refractivity contribution in [1.82, 2.24) is 9.21 Å². The van der Waals surface area contributed by atoms with Crippen LogP contribution in [0, 0.1) is 0 Å². The van der Waals surface area contributed by atoms with Gasteiger partial charge in [0.25, 0.3) is 0 Å². The first-order valence-corrected chi connectivity index (χ1v) is 9.58. The van der Waals surface area contributed by atoms with Gasteiger partial charge in [0, 0.05) is 43.5 Å². The van der Waals surface area contributed by atoms with Crippen LogP contribution >= 0.6 is 15.9 Å². The van der Waals surface area contributed by atoms with Crippen LogP contribution in [0.5, 0.6) is 0 Å². The number of nitrogens with zero attached hydrogens (tertiary/aromatic N) is 2. The summed E-state index contributed by atoms with van der Waals surface area (Å²) >= 11 is 3.47. The second-order valence-corrected chi connectivity index (χ2v) is 8.24. The summed E-state index contributed by atoms with van der Waals surface area (Å²) in [5.74, 6) is 0.230. The SMILES string of the molecule is CCN(CC)S(=O)(=O)c1ccc(C2CC(=O)N(C)C2)c(Br)c1. The van der Waals surface area contributed by atoms with E-state index in [-0.39, 0.29) is 16.7 Å². The van der Waals surface area contributed by atoms with E-state index in [1.807, 2.05) is 19.9 Å². The highest BCUT2D eigenvalue weighted by atomic mass is 79.9. The molecule has 22 heavy (non-hydrogen) atoms. The molecule has 7 heteroatoms. The van der Waals surface area contributed by atoms with E-state index < -0.39 is 10.0 Å². The van der Waals surface area contributed by atoms with Crippen LogP contribution in [0.2, 0.25) is 0 Å². The molecule has 2 rings (SSSR count). The van der Waals surface area contributed by atoms with E-state index in [9.17, 15) is 13.2 Å². The standard InChI is InChI=1S/C15H21BrN2O3S/c1-4-18(5-2)22(20,21)12-6-7-13(14(16)9-12)11-8-15(19)17(3)10-11/h6-7,9,11H,4-5,8,10H2,1-3H3. The molecule has 0 spiro atoms. The van der Waals surface area contributed by atoms with Crippen molar-refractivity contribution in [2.24, 2.45) is 0 Å². The van der Waals surface area contributed by atoms with E-state index in [4.69, 9.17) is 0 Å². The van der Waals surface area contributed by atoms with E-state index in [0.717, 1.165) is 10.0 Å². The fourth-order valence-corrected chi connectivity index (χ4v) is 5.12. The van der Waals surface area contributed by atoms with Gasteiger partial charge in [-0.15, -0.1) is 0 Å². The topological polar surface area (TPSA) is 57.7 Å². The fraction of sp³-hybridized carbons (Fsp3) is 0.533. The average molecular weight is 389 g/mol. The van der Waals surface area contributed by atoms with Crippen molar-refractivity contribution < 1.29 is 13.2 Å². The molecule has 5 nitrogen and oxygen atoms in total. The number of halogens is 1. The predicted octanol–water partition coefficient (Wildman–Crippen LogP) is 2.43. The van der Waals surface area contributed by atoms with Crippen molar-refractivity contribution in [3.05, 3.63) is 28.2 Å². The van der Waals surface area contributed by atoms with Gasteiger partial charge in [0.2, 0.25) is 15.9 Å². The Balaban J connectivity index is 2.33. The monoisotopic (exact) mass is 388 g/mol. The lowest BCUT2D eigenvalue weighted by molar-refractivity contribution is -0.126. The molecule has 1 heterocycles. The minimum absolute atomic E-state index is 0.108. The molecular weight excluding hydrogens is 368 g/mol. The molecule has 1 atom stereocenters. The number of carbonyl (C=O) groups excluding carboxylic acids is 1. The van der Waals surface area contributed by atoms with Gasteiger partial charge in [0.15, 0.2) is 0 Å². The number of likely N-dealkylation sites (tertiary alicyclic amines) is 1. The van der Waals surface area contributed by atoms with E-state index in [0.29, 0.717) is 26.1 Å². The normalized spacial score (nSPS) is 19.2. The van der Waals surface area contributed by atoms with Crippen molar-refractivity contribution in [2.75, 3.05) is 26.7 Å². The largest absolute Gasteiger partial charge is 0.345 e. The van der Waals surface area contributed by atoms with Crippen molar-refractivity contribution in [2.45, 2.75) is 31.1 Å². The summed E-state index contributed by atoms with van der Waals surface area (Å²) in [4.78, 5) is 13.7. The molecule has 1 aromatic carbocycles. The first-order chi connectivity index (χ1) is 10.3. The Morgan fingerprint density at radius 2 is 1.95 bits per heavy atom. The molecule has 1 fully saturated rings. The Kier molecular flexibility index (Phi) is 5.29. The first-order valence-electron chi connectivity index (χ1n) is 7.34. The number of rotatable bonds is 5. The van der Waals surface area contributed by atoms with Crippen LogP contribution in [-0.2, 0) is 14.8 Å². The summed E-state index contributed by atoms with van der Waals surface area (Å²) in [6.07, 6.45) is 0.469. The number of amides is 1. The predicted molar refractivity (Wildman–Crippen MR) is 89.2 cm³/mol. The number of sulfonamides is 1. The Bertz CT molecular complexity index is 671. The highest BCUT2D eigenvalue weighted by molar-refractivity contribution is 9.10. The Morgan fingerprint density at radius 1 is 1.32 bits per heavy atom. The highest BCUT2D eigenvalue weighted by Gasteiger charge is 2.30. The van der Waals surface area contributed by atoms with Crippen molar-refractivity contribution >= 4 is 31.9 Å². The number of carbonyl (C=O) groups is 1. The first kappa shape index (κ1) is 17.4. The van der Waals surface area contributed by atoms with Gasteiger partial charge < -0.3 is 4.90 Å². The summed E-state index contributed by atoms with van der Waals surface area (Å²) in [6.45, 7) is 5.20. The Hall–Kier alpha value is -0.920. The quantitative estimate of drug-likeness (QED) is 0.777. The van der Waals surface area contributed by atoms with Gasteiger partial charge in [-0.25, -0.2) is 8.42 Å². The lowest BCUT2D eigenvalue weighted by Gasteiger charge is -2.19. The van der Waals surface area contributed by atoms with Gasteiger partial charge in [0.1, 0.15) is 0 Å². The van der Waals surface area contributed by atoms with Crippen LogP contribution in [0.25, 0.3) is 0 Å². The fourth-order valence-electron chi connectivity index (χ4n) is 2.78. The van der Waals surface area contributed by atoms with E-state index in [2.05, 4.69) is 15.9 Å². The number of hydrogen-bond donors (Lipinski definition) is 0. The molecule has 0 aliphatic carbocycles. The molecule has 1 saturated heterocycles. The molecular formula is C15H21BrN2O3S. The second kappa shape index (κ2) is 6.68. The summed E-state index contributed by atoms with van der Waals surface area (Å²) in [5, 5.41) is 0. The molecule has 1 unspecified atom stereocenters. The zero-order chi connectivity index (χ0) is 16.5. The van der Waals surface area contributed by atoms with Crippen LogP contribution in [0.1, 0.15) is 31.7 Å². The van der Waals surface area contributed by atoms with Crippen LogP contribution in [-0.4, -0.2) is 50.2 Å². The van der Waals surface area contributed by atoms with Crippen molar-refractivity contribution in [1.29, 1.82) is 0 Å². The van der Waals surface area contributed by atoms with Gasteiger partial charge in [0.05, 0.1) is 4.90 Å². The van der Waals surface area contributed by atoms with E-state index in [1.165, 1.54) is 4.31 Å². The zero-order valence-electron chi connectivity index (χ0n) is 13.0. The maximum atomic E-state index is 12.5. The smallest absolute Gasteiger partial charge is 0.243 e. The number of hydrogen-bond acceptors (Lipinski definition) is 3. The summed E-state index contributed by atoms with van der Waals surface area (Å²) in [7, 11) is -1.67. The molecule has 1 amide bonds. The molecule has 1 aromatic rings.